The Balaban J connectivity index is 1.97. The summed E-state index contributed by atoms with van der Waals surface area (Å²) in [5, 5.41) is 6.34. The number of nitrogens with one attached hydrogen (secondary N) is 2. The fourth-order valence-corrected chi connectivity index (χ4v) is 2.32. The van der Waals surface area contributed by atoms with Crippen molar-refractivity contribution in [2.24, 2.45) is 0 Å². The van der Waals surface area contributed by atoms with Gasteiger partial charge in [0, 0.05) is 15.2 Å². The van der Waals surface area contributed by atoms with E-state index in [1.165, 1.54) is 0 Å². The summed E-state index contributed by atoms with van der Waals surface area (Å²) in [6.07, 6.45) is 0. The zero-order valence-electron chi connectivity index (χ0n) is 11.3. The first-order valence-corrected chi connectivity index (χ1v) is 7.38. The Morgan fingerprint density at radius 2 is 2.10 bits per heavy atom. The van der Waals surface area contributed by atoms with Gasteiger partial charge in [-0.15, -0.1) is 0 Å². The van der Waals surface area contributed by atoms with E-state index in [4.69, 9.17) is 16.3 Å². The van der Waals surface area contributed by atoms with Crippen molar-refractivity contribution in [1.29, 1.82) is 0 Å². The van der Waals surface area contributed by atoms with Crippen LogP contribution >= 0.6 is 27.5 Å². The Morgan fingerprint density at radius 1 is 1.29 bits per heavy atom. The molecule has 0 aliphatic heterocycles. The van der Waals surface area contributed by atoms with Gasteiger partial charge in [0.05, 0.1) is 19.3 Å². The number of anilines is 2. The maximum absolute atomic E-state index is 12.0. The zero-order chi connectivity index (χ0) is 15.2. The van der Waals surface area contributed by atoms with E-state index in [1.54, 1.807) is 25.3 Å². The van der Waals surface area contributed by atoms with E-state index in [1.807, 2.05) is 24.3 Å². The van der Waals surface area contributed by atoms with Crippen LogP contribution in [-0.2, 0) is 4.79 Å². The number of rotatable bonds is 5. The second-order valence-corrected chi connectivity index (χ2v) is 5.61. The van der Waals surface area contributed by atoms with Gasteiger partial charge in [-0.3, -0.25) is 4.79 Å². The molecule has 0 aromatic heterocycles. The molecule has 21 heavy (non-hydrogen) atoms. The minimum atomic E-state index is -0.185. The molecule has 0 radical (unpaired) electrons. The van der Waals surface area contributed by atoms with Crippen LogP contribution in [0.25, 0.3) is 0 Å². The molecule has 0 heterocycles. The molecular weight excluding hydrogens is 356 g/mol. The minimum Gasteiger partial charge on any atom is -0.495 e. The van der Waals surface area contributed by atoms with Gasteiger partial charge in [0.15, 0.2) is 0 Å². The lowest BCUT2D eigenvalue weighted by Gasteiger charge is -2.11. The molecule has 0 bridgehead atoms. The molecule has 0 saturated heterocycles. The van der Waals surface area contributed by atoms with Crippen molar-refractivity contribution in [2.75, 3.05) is 24.3 Å². The van der Waals surface area contributed by atoms with Gasteiger partial charge in [-0.1, -0.05) is 33.6 Å². The van der Waals surface area contributed by atoms with E-state index in [9.17, 15) is 4.79 Å². The van der Waals surface area contributed by atoms with Crippen LogP contribution in [0, 0.1) is 0 Å². The summed E-state index contributed by atoms with van der Waals surface area (Å²) in [6, 6.07) is 12.7. The first-order valence-electron chi connectivity index (χ1n) is 6.21. The number of hydrogen-bond donors (Lipinski definition) is 2. The molecule has 0 aliphatic carbocycles. The Hall–Kier alpha value is -1.72. The highest BCUT2D eigenvalue weighted by Gasteiger charge is 2.08. The summed E-state index contributed by atoms with van der Waals surface area (Å²) in [7, 11) is 1.54. The van der Waals surface area contributed by atoms with Crippen molar-refractivity contribution in [3.05, 3.63) is 52.0 Å². The van der Waals surface area contributed by atoms with Gasteiger partial charge >= 0.3 is 0 Å². The molecule has 0 saturated carbocycles. The molecule has 0 fully saturated rings. The third-order valence-corrected chi connectivity index (χ3v) is 3.44. The van der Waals surface area contributed by atoms with Gasteiger partial charge in [-0.25, -0.2) is 0 Å². The van der Waals surface area contributed by atoms with Crippen molar-refractivity contribution in [1.82, 2.24) is 0 Å². The largest absolute Gasteiger partial charge is 0.495 e. The van der Waals surface area contributed by atoms with Gasteiger partial charge in [0.2, 0.25) is 5.91 Å². The summed E-state index contributed by atoms with van der Waals surface area (Å²) in [4.78, 5) is 12.0. The number of halogens is 2. The van der Waals surface area contributed by atoms with Crippen molar-refractivity contribution in [3.63, 3.8) is 0 Å². The van der Waals surface area contributed by atoms with Crippen LogP contribution in [0.2, 0.25) is 5.02 Å². The minimum absolute atomic E-state index is 0.145. The fourth-order valence-electron chi connectivity index (χ4n) is 1.75. The average Bonchev–Trinajstić information content (AvgIpc) is 2.45. The summed E-state index contributed by atoms with van der Waals surface area (Å²) in [6.45, 7) is 0.145. The highest BCUT2D eigenvalue weighted by molar-refractivity contribution is 9.10. The number of hydrogen-bond acceptors (Lipinski definition) is 3. The molecule has 2 aromatic carbocycles. The SMILES string of the molecule is COc1ccc(Cl)cc1NC(=O)CNc1cccc(Br)c1. The maximum Gasteiger partial charge on any atom is 0.243 e. The van der Waals surface area contributed by atoms with Gasteiger partial charge in [-0.05, 0) is 36.4 Å². The zero-order valence-corrected chi connectivity index (χ0v) is 13.7. The number of methoxy groups -OCH3 is 1. The van der Waals surface area contributed by atoms with Crippen LogP contribution in [0.5, 0.6) is 5.75 Å². The molecule has 0 aliphatic rings. The van der Waals surface area contributed by atoms with E-state index in [0.717, 1.165) is 10.2 Å². The monoisotopic (exact) mass is 368 g/mol. The highest BCUT2D eigenvalue weighted by Crippen LogP contribution is 2.27. The second-order valence-electron chi connectivity index (χ2n) is 4.26. The third kappa shape index (κ3) is 4.65. The lowest BCUT2D eigenvalue weighted by atomic mass is 10.3. The summed E-state index contributed by atoms with van der Waals surface area (Å²) in [5.74, 6) is 0.380. The normalized spacial score (nSPS) is 10.0. The lowest BCUT2D eigenvalue weighted by Crippen LogP contribution is -2.22. The molecule has 0 unspecified atom stereocenters. The Labute approximate surface area is 136 Å². The Bertz CT molecular complexity index is 649. The third-order valence-electron chi connectivity index (χ3n) is 2.71. The van der Waals surface area contributed by atoms with Gasteiger partial charge in [0.1, 0.15) is 5.75 Å². The Morgan fingerprint density at radius 3 is 2.81 bits per heavy atom. The molecule has 110 valence electrons. The predicted molar refractivity (Wildman–Crippen MR) is 89.3 cm³/mol. The van der Waals surface area contributed by atoms with Crippen molar-refractivity contribution in [3.8, 4) is 5.75 Å². The van der Waals surface area contributed by atoms with E-state index in [-0.39, 0.29) is 12.5 Å². The number of carbonyl (C=O) groups excluding carboxylic acids is 1. The van der Waals surface area contributed by atoms with Crippen molar-refractivity contribution < 1.29 is 9.53 Å². The summed E-state index contributed by atoms with van der Waals surface area (Å²) >= 11 is 9.30. The van der Waals surface area contributed by atoms with Crippen LogP contribution < -0.4 is 15.4 Å². The smallest absolute Gasteiger partial charge is 0.243 e. The molecule has 2 aromatic rings. The van der Waals surface area contributed by atoms with Crippen LogP contribution in [-0.4, -0.2) is 19.6 Å². The molecule has 6 heteroatoms. The van der Waals surface area contributed by atoms with Crippen LogP contribution in [0.3, 0.4) is 0 Å². The number of amides is 1. The number of carbonyl (C=O) groups is 1. The highest BCUT2D eigenvalue weighted by atomic mass is 79.9. The standard InChI is InChI=1S/C15H14BrClN2O2/c1-21-14-6-5-11(17)8-13(14)19-15(20)9-18-12-4-2-3-10(16)7-12/h2-8,18H,9H2,1H3,(H,19,20). The molecular formula is C15H14BrClN2O2. The summed E-state index contributed by atoms with van der Waals surface area (Å²) in [5.41, 5.74) is 1.41. The molecule has 2 rings (SSSR count). The second kappa shape index (κ2) is 7.33. The first-order chi connectivity index (χ1) is 10.1. The maximum atomic E-state index is 12.0. The Kier molecular flexibility index (Phi) is 5.47. The molecule has 0 spiro atoms. The number of benzene rings is 2. The predicted octanol–water partition coefficient (Wildman–Crippen LogP) is 4.16. The van der Waals surface area contributed by atoms with Gasteiger partial charge in [-0.2, -0.15) is 0 Å². The van der Waals surface area contributed by atoms with Crippen LogP contribution in [0.4, 0.5) is 11.4 Å². The fraction of sp³-hybridized carbons (Fsp3) is 0.133. The molecule has 1 amide bonds. The topological polar surface area (TPSA) is 50.4 Å². The van der Waals surface area contributed by atoms with Gasteiger partial charge < -0.3 is 15.4 Å². The van der Waals surface area contributed by atoms with E-state index in [2.05, 4.69) is 26.6 Å². The molecule has 2 N–H and O–H groups in total. The van der Waals surface area contributed by atoms with Crippen molar-refractivity contribution >= 4 is 44.8 Å². The van der Waals surface area contributed by atoms with E-state index in [0.29, 0.717) is 16.5 Å². The molecule has 0 atom stereocenters. The van der Waals surface area contributed by atoms with E-state index < -0.39 is 0 Å². The molecule has 4 nitrogen and oxygen atoms in total. The van der Waals surface area contributed by atoms with Crippen LogP contribution in [0.1, 0.15) is 0 Å². The van der Waals surface area contributed by atoms with Gasteiger partial charge in [0.25, 0.3) is 0 Å². The average molecular weight is 370 g/mol. The van der Waals surface area contributed by atoms with Crippen molar-refractivity contribution in [2.45, 2.75) is 0 Å². The number of ether oxygens (including phenoxy) is 1. The van der Waals surface area contributed by atoms with E-state index >= 15 is 0 Å². The first kappa shape index (κ1) is 15.7. The quantitative estimate of drug-likeness (QED) is 0.832. The van der Waals surface area contributed by atoms with Crippen LogP contribution in [0.15, 0.2) is 46.9 Å². The summed E-state index contributed by atoms with van der Waals surface area (Å²) < 4.78 is 6.13. The lowest BCUT2D eigenvalue weighted by molar-refractivity contribution is -0.114.